The predicted molar refractivity (Wildman–Crippen MR) is 67.8 cm³/mol. The summed E-state index contributed by atoms with van der Waals surface area (Å²) in [6, 6.07) is 0. The van der Waals surface area contributed by atoms with Gasteiger partial charge in [-0.3, -0.25) is 4.68 Å². The fraction of sp³-hybridized carbons (Fsp3) is 0.750. The SMILES string of the molecule is CCn1nc2c(c1C(C)(C)C)CS(=O)(=O)CC2. The average Bonchev–Trinajstić information content (AvgIpc) is 2.52. The molecule has 0 unspecified atom stereocenters. The van der Waals surface area contributed by atoms with Gasteiger partial charge in [0, 0.05) is 29.6 Å². The summed E-state index contributed by atoms with van der Waals surface area (Å²) in [5, 5.41) is 4.55. The molecule has 1 aromatic heterocycles. The van der Waals surface area contributed by atoms with Gasteiger partial charge in [0.2, 0.25) is 0 Å². The summed E-state index contributed by atoms with van der Waals surface area (Å²) in [5.74, 6) is 0.402. The Morgan fingerprint density at radius 3 is 2.53 bits per heavy atom. The van der Waals surface area contributed by atoms with Gasteiger partial charge in [-0.25, -0.2) is 8.42 Å². The Morgan fingerprint density at radius 1 is 1.35 bits per heavy atom. The lowest BCUT2D eigenvalue weighted by Crippen LogP contribution is -2.23. The highest BCUT2D eigenvalue weighted by molar-refractivity contribution is 7.90. The van der Waals surface area contributed by atoms with E-state index in [2.05, 4.69) is 25.9 Å². The Hall–Kier alpha value is -0.840. The molecular formula is C12H20N2O2S. The molecule has 1 aliphatic rings. The Morgan fingerprint density at radius 2 is 2.00 bits per heavy atom. The van der Waals surface area contributed by atoms with E-state index < -0.39 is 9.84 Å². The lowest BCUT2D eigenvalue weighted by atomic mass is 9.88. The van der Waals surface area contributed by atoms with E-state index in [-0.39, 0.29) is 16.9 Å². The number of aromatic nitrogens is 2. The molecule has 4 nitrogen and oxygen atoms in total. The molecule has 0 spiro atoms. The molecule has 0 radical (unpaired) electrons. The summed E-state index contributed by atoms with van der Waals surface area (Å²) >= 11 is 0. The number of rotatable bonds is 1. The first kappa shape index (κ1) is 12.6. The Kier molecular flexibility index (Phi) is 2.84. The maximum atomic E-state index is 11.8. The highest BCUT2D eigenvalue weighted by Crippen LogP contribution is 2.32. The van der Waals surface area contributed by atoms with Crippen LogP contribution in [0.25, 0.3) is 0 Å². The Balaban J connectivity index is 2.62. The molecule has 0 aromatic carbocycles. The lowest BCUT2D eigenvalue weighted by Gasteiger charge is -2.23. The van der Waals surface area contributed by atoms with Crippen molar-refractivity contribution in [2.24, 2.45) is 0 Å². The van der Waals surface area contributed by atoms with Gasteiger partial charge < -0.3 is 0 Å². The molecule has 17 heavy (non-hydrogen) atoms. The largest absolute Gasteiger partial charge is 0.269 e. The van der Waals surface area contributed by atoms with Crippen LogP contribution in [0.15, 0.2) is 0 Å². The molecule has 2 heterocycles. The summed E-state index contributed by atoms with van der Waals surface area (Å²) in [5.41, 5.74) is 2.94. The minimum atomic E-state index is -2.93. The third-order valence-electron chi connectivity index (χ3n) is 3.16. The Labute approximate surface area is 103 Å². The van der Waals surface area contributed by atoms with Crippen LogP contribution in [-0.4, -0.2) is 24.0 Å². The monoisotopic (exact) mass is 256 g/mol. The van der Waals surface area contributed by atoms with Crippen LogP contribution in [0.5, 0.6) is 0 Å². The quantitative estimate of drug-likeness (QED) is 0.768. The number of hydrogen-bond acceptors (Lipinski definition) is 3. The second-order valence-corrected chi connectivity index (χ2v) is 7.87. The van der Waals surface area contributed by atoms with E-state index in [1.54, 1.807) is 0 Å². The average molecular weight is 256 g/mol. The van der Waals surface area contributed by atoms with Crippen LogP contribution >= 0.6 is 0 Å². The van der Waals surface area contributed by atoms with Crippen LogP contribution in [-0.2, 0) is 34.0 Å². The molecule has 0 aliphatic carbocycles. The van der Waals surface area contributed by atoms with E-state index in [0.717, 1.165) is 23.5 Å². The van der Waals surface area contributed by atoms with Crippen LogP contribution in [0.3, 0.4) is 0 Å². The van der Waals surface area contributed by atoms with Gasteiger partial charge in [0.05, 0.1) is 17.2 Å². The number of fused-ring (bicyclic) bond motifs is 1. The maximum Gasteiger partial charge on any atom is 0.154 e. The zero-order chi connectivity index (χ0) is 12.8. The van der Waals surface area contributed by atoms with Crippen molar-refractivity contribution in [3.8, 4) is 0 Å². The molecule has 0 fully saturated rings. The number of hydrogen-bond donors (Lipinski definition) is 0. The second-order valence-electron chi connectivity index (χ2n) is 5.68. The molecule has 0 N–H and O–H groups in total. The summed E-state index contributed by atoms with van der Waals surface area (Å²) in [4.78, 5) is 0. The smallest absolute Gasteiger partial charge is 0.154 e. The standard InChI is InChI=1S/C12H20N2O2S/c1-5-14-11(12(2,3)4)9-8-17(15,16)7-6-10(9)13-14/h5-8H2,1-4H3. The highest BCUT2D eigenvalue weighted by atomic mass is 32.2. The molecule has 0 amide bonds. The van der Waals surface area contributed by atoms with E-state index in [4.69, 9.17) is 0 Å². The topological polar surface area (TPSA) is 52.0 Å². The zero-order valence-corrected chi connectivity index (χ0v) is 11.8. The summed E-state index contributed by atoms with van der Waals surface area (Å²) in [6.07, 6.45) is 0.563. The van der Waals surface area contributed by atoms with E-state index in [1.165, 1.54) is 0 Å². The van der Waals surface area contributed by atoms with Gasteiger partial charge in [0.25, 0.3) is 0 Å². The van der Waals surface area contributed by atoms with Gasteiger partial charge in [-0.05, 0) is 6.92 Å². The molecule has 5 heteroatoms. The van der Waals surface area contributed by atoms with Crippen molar-refractivity contribution in [2.45, 2.75) is 51.8 Å². The van der Waals surface area contributed by atoms with Crippen molar-refractivity contribution in [1.29, 1.82) is 0 Å². The first-order chi connectivity index (χ1) is 7.74. The van der Waals surface area contributed by atoms with Crippen molar-refractivity contribution in [2.75, 3.05) is 5.75 Å². The van der Waals surface area contributed by atoms with Crippen molar-refractivity contribution >= 4 is 9.84 Å². The zero-order valence-electron chi connectivity index (χ0n) is 10.9. The van der Waals surface area contributed by atoms with Gasteiger partial charge in [0.15, 0.2) is 9.84 Å². The molecule has 0 atom stereocenters. The number of sulfone groups is 1. The lowest BCUT2D eigenvalue weighted by molar-refractivity contribution is 0.494. The molecule has 96 valence electrons. The fourth-order valence-electron chi connectivity index (χ4n) is 2.51. The predicted octanol–water partition coefficient (Wildman–Crippen LogP) is 1.67. The van der Waals surface area contributed by atoms with Crippen molar-refractivity contribution in [3.05, 3.63) is 17.0 Å². The summed E-state index contributed by atoms with van der Waals surface area (Å²) in [7, 11) is -2.93. The van der Waals surface area contributed by atoms with Crippen LogP contribution in [0.4, 0.5) is 0 Å². The van der Waals surface area contributed by atoms with Gasteiger partial charge in [-0.1, -0.05) is 20.8 Å². The van der Waals surface area contributed by atoms with Gasteiger partial charge in [0.1, 0.15) is 0 Å². The summed E-state index contributed by atoms with van der Waals surface area (Å²) in [6.45, 7) is 9.16. The third-order valence-corrected chi connectivity index (χ3v) is 4.71. The number of aryl methyl sites for hydroxylation is 2. The maximum absolute atomic E-state index is 11.8. The van der Waals surface area contributed by atoms with Crippen LogP contribution in [0.1, 0.15) is 44.6 Å². The highest BCUT2D eigenvalue weighted by Gasteiger charge is 2.32. The van der Waals surface area contributed by atoms with E-state index in [1.807, 2.05) is 11.6 Å². The molecule has 1 aliphatic heterocycles. The first-order valence-corrected chi connectivity index (χ1v) is 7.86. The molecule has 0 bridgehead atoms. The molecule has 2 rings (SSSR count). The molecule has 1 aromatic rings. The van der Waals surface area contributed by atoms with E-state index in [9.17, 15) is 8.42 Å². The minimum Gasteiger partial charge on any atom is -0.269 e. The minimum absolute atomic E-state index is 0.0660. The van der Waals surface area contributed by atoms with Crippen LogP contribution in [0.2, 0.25) is 0 Å². The molecule has 0 saturated carbocycles. The van der Waals surface area contributed by atoms with Gasteiger partial charge >= 0.3 is 0 Å². The van der Waals surface area contributed by atoms with Crippen LogP contribution < -0.4 is 0 Å². The normalized spacial score (nSPS) is 19.1. The van der Waals surface area contributed by atoms with E-state index >= 15 is 0 Å². The molecule has 0 saturated heterocycles. The van der Waals surface area contributed by atoms with Gasteiger partial charge in [-0.15, -0.1) is 0 Å². The van der Waals surface area contributed by atoms with Crippen molar-refractivity contribution < 1.29 is 8.42 Å². The van der Waals surface area contributed by atoms with Crippen LogP contribution in [0, 0.1) is 0 Å². The summed E-state index contributed by atoms with van der Waals surface area (Å²) < 4.78 is 25.5. The van der Waals surface area contributed by atoms with E-state index in [0.29, 0.717) is 6.42 Å². The second kappa shape index (κ2) is 3.83. The molecular weight excluding hydrogens is 236 g/mol. The van der Waals surface area contributed by atoms with Crippen molar-refractivity contribution in [1.82, 2.24) is 9.78 Å². The van der Waals surface area contributed by atoms with Crippen molar-refractivity contribution in [3.63, 3.8) is 0 Å². The fourth-order valence-corrected chi connectivity index (χ4v) is 3.91. The number of nitrogens with zero attached hydrogens (tertiary/aromatic N) is 2. The first-order valence-electron chi connectivity index (χ1n) is 6.04. The van der Waals surface area contributed by atoms with Gasteiger partial charge in [-0.2, -0.15) is 5.10 Å². The third kappa shape index (κ3) is 2.25. The Bertz CT molecular complexity index is 536.